The van der Waals surface area contributed by atoms with Crippen molar-refractivity contribution in [3.05, 3.63) is 0 Å². The summed E-state index contributed by atoms with van der Waals surface area (Å²) < 4.78 is 4.46. The number of ether oxygens (including phenoxy) is 1. The molecule has 0 aromatic rings. The summed E-state index contributed by atoms with van der Waals surface area (Å²) in [5, 5.41) is 17.5. The van der Waals surface area contributed by atoms with E-state index < -0.39 is 30.1 Å². The summed E-state index contributed by atoms with van der Waals surface area (Å²) in [6.45, 7) is 5.02. The summed E-state index contributed by atoms with van der Waals surface area (Å²) in [5.41, 5.74) is -0.603. The Hall–Kier alpha value is -1.10. The zero-order valence-electron chi connectivity index (χ0n) is 7.90. The number of aliphatic hydroxyl groups excluding tert-OH is 1. The van der Waals surface area contributed by atoms with Crippen LogP contribution >= 0.6 is 0 Å². The van der Waals surface area contributed by atoms with Gasteiger partial charge < -0.3 is 14.9 Å². The molecule has 0 rings (SSSR count). The molecular weight excluding hydrogens is 176 g/mol. The Kier molecular flexibility index (Phi) is 3.87. The second kappa shape index (κ2) is 4.23. The predicted molar refractivity (Wildman–Crippen MR) is 43.8 cm³/mol. The molecule has 0 aliphatic rings. The summed E-state index contributed by atoms with van der Waals surface area (Å²) in [7, 11) is 0. The van der Waals surface area contributed by atoms with E-state index in [1.807, 2.05) is 0 Å². The van der Waals surface area contributed by atoms with Crippen molar-refractivity contribution in [2.45, 2.75) is 33.5 Å². The maximum absolute atomic E-state index is 10.7. The minimum Gasteiger partial charge on any atom is -0.481 e. The van der Waals surface area contributed by atoms with Crippen molar-refractivity contribution in [3.63, 3.8) is 0 Å². The second-order valence-electron chi connectivity index (χ2n) is 3.78. The first-order valence-corrected chi connectivity index (χ1v) is 3.83. The molecule has 5 nitrogen and oxygen atoms in total. The smallest absolute Gasteiger partial charge is 0.319 e. The van der Waals surface area contributed by atoms with Gasteiger partial charge in [0.2, 0.25) is 6.29 Å². The maximum atomic E-state index is 10.7. The molecule has 0 heterocycles. The van der Waals surface area contributed by atoms with Crippen LogP contribution in [-0.4, -0.2) is 28.4 Å². The fraction of sp³-hybridized carbons (Fsp3) is 0.750. The highest BCUT2D eigenvalue weighted by atomic mass is 16.6. The van der Waals surface area contributed by atoms with Crippen molar-refractivity contribution >= 4 is 11.9 Å². The van der Waals surface area contributed by atoms with Crippen LogP contribution in [0.25, 0.3) is 0 Å². The minimum atomic E-state index is -1.28. The number of esters is 1. The number of hydrogen-bond acceptors (Lipinski definition) is 4. The standard InChI is InChI=1S/C8H14O5/c1-8(2,3)7(12)13-6(11)4-5(9)10/h7,12H,4H2,1-3H3,(H,9,10). The molecule has 0 aliphatic carbocycles. The molecule has 0 aromatic carbocycles. The van der Waals surface area contributed by atoms with Gasteiger partial charge in [-0.15, -0.1) is 0 Å². The van der Waals surface area contributed by atoms with Crippen LogP contribution in [0.4, 0.5) is 0 Å². The van der Waals surface area contributed by atoms with Crippen LogP contribution < -0.4 is 0 Å². The van der Waals surface area contributed by atoms with E-state index in [-0.39, 0.29) is 0 Å². The lowest BCUT2D eigenvalue weighted by Gasteiger charge is -2.24. The van der Waals surface area contributed by atoms with E-state index >= 15 is 0 Å². The Morgan fingerprint density at radius 2 is 1.85 bits per heavy atom. The lowest BCUT2D eigenvalue weighted by Crippen LogP contribution is -2.31. The zero-order valence-corrected chi connectivity index (χ0v) is 7.90. The molecule has 0 amide bonds. The van der Waals surface area contributed by atoms with Crippen molar-refractivity contribution < 1.29 is 24.5 Å². The van der Waals surface area contributed by atoms with Crippen LogP contribution in [0.5, 0.6) is 0 Å². The molecule has 0 bridgehead atoms. The lowest BCUT2D eigenvalue weighted by molar-refractivity contribution is -0.187. The molecule has 0 saturated heterocycles. The van der Waals surface area contributed by atoms with Crippen molar-refractivity contribution in [3.8, 4) is 0 Å². The van der Waals surface area contributed by atoms with Crippen molar-refractivity contribution in [1.29, 1.82) is 0 Å². The van der Waals surface area contributed by atoms with E-state index in [1.54, 1.807) is 20.8 Å². The Morgan fingerprint density at radius 1 is 1.38 bits per heavy atom. The van der Waals surface area contributed by atoms with Gasteiger partial charge in [-0.05, 0) is 0 Å². The van der Waals surface area contributed by atoms with Crippen LogP contribution in [-0.2, 0) is 14.3 Å². The summed E-state index contributed by atoms with van der Waals surface area (Å²) in [6, 6.07) is 0. The van der Waals surface area contributed by atoms with Crippen molar-refractivity contribution in [2.24, 2.45) is 5.41 Å². The summed E-state index contributed by atoms with van der Waals surface area (Å²) in [5.74, 6) is -2.21. The SMILES string of the molecule is CC(C)(C)C(O)OC(=O)CC(=O)O. The van der Waals surface area contributed by atoms with Crippen LogP contribution in [0, 0.1) is 5.41 Å². The number of rotatable bonds is 3. The Bertz CT molecular complexity index is 203. The monoisotopic (exact) mass is 190 g/mol. The van der Waals surface area contributed by atoms with Crippen LogP contribution in [0.2, 0.25) is 0 Å². The average molecular weight is 190 g/mol. The lowest BCUT2D eigenvalue weighted by atomic mass is 9.96. The van der Waals surface area contributed by atoms with Crippen LogP contribution in [0.3, 0.4) is 0 Å². The predicted octanol–water partition coefficient (Wildman–Crippen LogP) is 0.369. The molecule has 0 radical (unpaired) electrons. The number of carboxylic acid groups (broad SMARTS) is 1. The van der Waals surface area contributed by atoms with E-state index in [0.717, 1.165) is 0 Å². The molecule has 76 valence electrons. The van der Waals surface area contributed by atoms with E-state index in [1.165, 1.54) is 0 Å². The number of carbonyl (C=O) groups is 2. The maximum Gasteiger partial charge on any atom is 0.319 e. The minimum absolute atomic E-state index is 0.603. The molecular formula is C8H14O5. The average Bonchev–Trinajstić information content (AvgIpc) is 1.82. The van der Waals surface area contributed by atoms with Gasteiger partial charge in [0, 0.05) is 5.41 Å². The molecule has 1 unspecified atom stereocenters. The summed E-state index contributed by atoms with van der Waals surface area (Å²) in [4.78, 5) is 20.8. The van der Waals surface area contributed by atoms with Gasteiger partial charge in [-0.3, -0.25) is 9.59 Å². The van der Waals surface area contributed by atoms with Gasteiger partial charge >= 0.3 is 11.9 Å². The number of aliphatic hydroxyl groups is 1. The topological polar surface area (TPSA) is 83.8 Å². The first kappa shape index (κ1) is 11.9. The van der Waals surface area contributed by atoms with E-state index in [0.29, 0.717) is 0 Å². The quantitative estimate of drug-likeness (QED) is 0.381. The Labute approximate surface area is 76.3 Å². The zero-order chi connectivity index (χ0) is 10.6. The summed E-state index contributed by atoms with van der Waals surface area (Å²) in [6.07, 6.45) is -2.01. The number of hydrogen-bond donors (Lipinski definition) is 2. The first-order chi connectivity index (χ1) is 5.73. The highest BCUT2D eigenvalue weighted by molar-refractivity contribution is 5.90. The molecule has 0 saturated carbocycles. The molecule has 0 fully saturated rings. The highest BCUT2D eigenvalue weighted by Crippen LogP contribution is 2.20. The Balaban J connectivity index is 4.00. The van der Waals surface area contributed by atoms with Crippen LogP contribution in [0.1, 0.15) is 27.2 Å². The third kappa shape index (κ3) is 5.19. The van der Waals surface area contributed by atoms with Gasteiger partial charge in [0.15, 0.2) is 0 Å². The Morgan fingerprint density at radius 3 is 2.15 bits per heavy atom. The highest BCUT2D eigenvalue weighted by Gasteiger charge is 2.26. The van der Waals surface area contributed by atoms with Gasteiger partial charge in [0.05, 0.1) is 0 Å². The third-order valence-corrected chi connectivity index (χ3v) is 1.28. The largest absolute Gasteiger partial charge is 0.481 e. The molecule has 0 spiro atoms. The summed E-state index contributed by atoms with van der Waals surface area (Å²) >= 11 is 0. The normalized spacial score (nSPS) is 13.5. The van der Waals surface area contributed by atoms with E-state index in [2.05, 4.69) is 4.74 Å². The molecule has 13 heavy (non-hydrogen) atoms. The first-order valence-electron chi connectivity index (χ1n) is 3.83. The van der Waals surface area contributed by atoms with Crippen molar-refractivity contribution in [1.82, 2.24) is 0 Å². The number of aliphatic carboxylic acids is 1. The second-order valence-corrected chi connectivity index (χ2v) is 3.78. The fourth-order valence-electron chi connectivity index (χ4n) is 0.466. The van der Waals surface area contributed by atoms with Gasteiger partial charge in [-0.2, -0.15) is 0 Å². The molecule has 5 heteroatoms. The molecule has 1 atom stereocenters. The number of carboxylic acids is 1. The van der Waals surface area contributed by atoms with Gasteiger partial charge in [0.1, 0.15) is 6.42 Å². The molecule has 0 aliphatic heterocycles. The number of carbonyl (C=O) groups excluding carboxylic acids is 1. The van der Waals surface area contributed by atoms with Gasteiger partial charge in [-0.1, -0.05) is 20.8 Å². The molecule has 0 aromatic heterocycles. The van der Waals surface area contributed by atoms with Crippen LogP contribution in [0.15, 0.2) is 0 Å². The van der Waals surface area contributed by atoms with Gasteiger partial charge in [-0.25, -0.2) is 0 Å². The molecule has 2 N–H and O–H groups in total. The van der Waals surface area contributed by atoms with Gasteiger partial charge in [0.25, 0.3) is 0 Å². The third-order valence-electron chi connectivity index (χ3n) is 1.28. The van der Waals surface area contributed by atoms with Crippen molar-refractivity contribution in [2.75, 3.05) is 0 Å². The fourth-order valence-corrected chi connectivity index (χ4v) is 0.466. The van der Waals surface area contributed by atoms with E-state index in [4.69, 9.17) is 5.11 Å². The van der Waals surface area contributed by atoms with E-state index in [9.17, 15) is 14.7 Å².